The summed E-state index contributed by atoms with van der Waals surface area (Å²) in [6, 6.07) is 12.6. The molecule has 0 bridgehead atoms. The number of amides is 1. The summed E-state index contributed by atoms with van der Waals surface area (Å²) in [6.07, 6.45) is 0.282. The third-order valence-corrected chi connectivity index (χ3v) is 4.57. The SMILES string of the molecule is CCSc1ccc(CC(=O)Nc2ccc(I)c(F)c2)cc1. The summed E-state index contributed by atoms with van der Waals surface area (Å²) >= 11 is 3.68. The first-order valence-corrected chi connectivity index (χ1v) is 8.61. The molecule has 0 aromatic heterocycles. The molecule has 2 nitrogen and oxygen atoms in total. The summed E-state index contributed by atoms with van der Waals surface area (Å²) in [5.41, 5.74) is 1.43. The van der Waals surface area contributed by atoms with E-state index in [9.17, 15) is 9.18 Å². The second-order valence-electron chi connectivity index (χ2n) is 4.43. The molecule has 0 unspecified atom stereocenters. The second kappa shape index (κ2) is 7.79. The molecule has 0 radical (unpaired) electrons. The molecule has 21 heavy (non-hydrogen) atoms. The summed E-state index contributed by atoms with van der Waals surface area (Å²) in [7, 11) is 0. The molecule has 0 heterocycles. The van der Waals surface area contributed by atoms with Crippen LogP contribution in [0.25, 0.3) is 0 Å². The van der Waals surface area contributed by atoms with Crippen molar-refractivity contribution in [3.8, 4) is 0 Å². The average Bonchev–Trinajstić information content (AvgIpc) is 2.45. The molecule has 5 heteroatoms. The number of nitrogens with one attached hydrogen (secondary N) is 1. The van der Waals surface area contributed by atoms with Gasteiger partial charge in [-0.05, 0) is 64.2 Å². The number of halogens is 2. The zero-order valence-corrected chi connectivity index (χ0v) is 14.5. The smallest absolute Gasteiger partial charge is 0.228 e. The summed E-state index contributed by atoms with van der Waals surface area (Å²) < 4.78 is 13.9. The highest BCUT2D eigenvalue weighted by atomic mass is 127. The Balaban J connectivity index is 1.96. The maximum atomic E-state index is 13.4. The fraction of sp³-hybridized carbons (Fsp3) is 0.188. The van der Waals surface area contributed by atoms with Crippen molar-refractivity contribution in [3.63, 3.8) is 0 Å². The first-order valence-electron chi connectivity index (χ1n) is 6.55. The summed E-state index contributed by atoms with van der Waals surface area (Å²) in [4.78, 5) is 13.1. The first kappa shape index (κ1) is 16.3. The Morgan fingerprint density at radius 3 is 2.57 bits per heavy atom. The van der Waals surface area contributed by atoms with Crippen LogP contribution in [0.3, 0.4) is 0 Å². The minimum Gasteiger partial charge on any atom is -0.326 e. The Morgan fingerprint density at radius 2 is 1.95 bits per heavy atom. The number of benzene rings is 2. The predicted octanol–water partition coefficient (Wildman–Crippen LogP) is 4.72. The Labute approximate surface area is 141 Å². The van der Waals surface area contributed by atoms with Gasteiger partial charge in [-0.2, -0.15) is 0 Å². The van der Waals surface area contributed by atoms with Crippen molar-refractivity contribution in [2.24, 2.45) is 0 Å². The monoisotopic (exact) mass is 415 g/mol. The minimum absolute atomic E-state index is 0.147. The van der Waals surface area contributed by atoms with Gasteiger partial charge in [0.1, 0.15) is 5.82 Å². The third kappa shape index (κ3) is 5.00. The lowest BCUT2D eigenvalue weighted by Gasteiger charge is -2.07. The van der Waals surface area contributed by atoms with Gasteiger partial charge in [-0.1, -0.05) is 19.1 Å². The van der Waals surface area contributed by atoms with Crippen LogP contribution in [0, 0.1) is 9.39 Å². The number of carbonyl (C=O) groups is 1. The van der Waals surface area contributed by atoms with E-state index in [2.05, 4.69) is 12.2 Å². The molecule has 2 aromatic carbocycles. The molecular formula is C16H15FINOS. The molecule has 110 valence electrons. The maximum absolute atomic E-state index is 13.4. The highest BCUT2D eigenvalue weighted by Gasteiger charge is 2.06. The van der Waals surface area contributed by atoms with E-state index in [1.54, 1.807) is 23.9 Å². The largest absolute Gasteiger partial charge is 0.326 e. The lowest BCUT2D eigenvalue weighted by molar-refractivity contribution is -0.115. The molecule has 0 atom stereocenters. The molecule has 2 aromatic rings. The number of anilines is 1. The molecule has 0 aliphatic carbocycles. The van der Waals surface area contributed by atoms with Gasteiger partial charge in [-0.25, -0.2) is 4.39 Å². The third-order valence-electron chi connectivity index (χ3n) is 2.80. The Bertz CT molecular complexity index is 631. The van der Waals surface area contributed by atoms with E-state index in [0.29, 0.717) is 9.26 Å². The van der Waals surface area contributed by atoms with Crippen LogP contribution in [-0.4, -0.2) is 11.7 Å². The van der Waals surface area contributed by atoms with E-state index in [-0.39, 0.29) is 18.1 Å². The average molecular weight is 415 g/mol. The Hall–Kier alpha value is -1.08. The highest BCUT2D eigenvalue weighted by Crippen LogP contribution is 2.19. The zero-order chi connectivity index (χ0) is 15.2. The van der Waals surface area contributed by atoms with Crippen molar-refractivity contribution in [3.05, 3.63) is 57.4 Å². The topological polar surface area (TPSA) is 29.1 Å². The highest BCUT2D eigenvalue weighted by molar-refractivity contribution is 14.1. The van der Waals surface area contributed by atoms with Crippen LogP contribution in [0.2, 0.25) is 0 Å². The standard InChI is InChI=1S/C16H15FINOS/c1-2-21-13-6-3-11(4-7-13)9-16(20)19-12-5-8-15(18)14(17)10-12/h3-8,10H,2,9H2,1H3,(H,19,20). The van der Waals surface area contributed by atoms with E-state index in [1.807, 2.05) is 46.9 Å². The van der Waals surface area contributed by atoms with E-state index >= 15 is 0 Å². The number of thioether (sulfide) groups is 1. The number of hydrogen-bond donors (Lipinski definition) is 1. The quantitative estimate of drug-likeness (QED) is 0.566. The van der Waals surface area contributed by atoms with Crippen molar-refractivity contribution >= 4 is 45.9 Å². The van der Waals surface area contributed by atoms with Gasteiger partial charge in [-0.3, -0.25) is 4.79 Å². The van der Waals surface area contributed by atoms with E-state index in [4.69, 9.17) is 0 Å². The zero-order valence-electron chi connectivity index (χ0n) is 11.5. The molecule has 2 rings (SSSR count). The minimum atomic E-state index is -0.325. The molecular weight excluding hydrogens is 400 g/mol. The Morgan fingerprint density at radius 1 is 1.24 bits per heavy atom. The molecule has 0 saturated heterocycles. The van der Waals surface area contributed by atoms with Gasteiger partial charge in [0.2, 0.25) is 5.91 Å². The molecule has 0 saturated carbocycles. The fourth-order valence-electron chi connectivity index (χ4n) is 1.83. The van der Waals surface area contributed by atoms with Crippen LogP contribution in [0.4, 0.5) is 10.1 Å². The summed E-state index contributed by atoms with van der Waals surface area (Å²) in [5.74, 6) is 0.555. The molecule has 1 amide bonds. The predicted molar refractivity (Wildman–Crippen MR) is 94.3 cm³/mol. The molecule has 0 spiro atoms. The Kier molecular flexibility index (Phi) is 6.05. The first-order chi connectivity index (χ1) is 10.1. The van der Waals surface area contributed by atoms with Crippen molar-refractivity contribution in [2.45, 2.75) is 18.2 Å². The summed E-state index contributed by atoms with van der Waals surface area (Å²) in [6.45, 7) is 2.10. The van der Waals surface area contributed by atoms with Crippen molar-refractivity contribution < 1.29 is 9.18 Å². The van der Waals surface area contributed by atoms with Crippen LogP contribution < -0.4 is 5.32 Å². The van der Waals surface area contributed by atoms with Crippen molar-refractivity contribution in [1.29, 1.82) is 0 Å². The lowest BCUT2D eigenvalue weighted by Crippen LogP contribution is -2.14. The van der Waals surface area contributed by atoms with Crippen molar-refractivity contribution in [1.82, 2.24) is 0 Å². The maximum Gasteiger partial charge on any atom is 0.228 e. The number of carbonyl (C=O) groups excluding carboxylic acids is 1. The van der Waals surface area contributed by atoms with Crippen LogP contribution in [0.1, 0.15) is 12.5 Å². The number of hydrogen-bond acceptors (Lipinski definition) is 2. The van der Waals surface area contributed by atoms with E-state index in [0.717, 1.165) is 11.3 Å². The van der Waals surface area contributed by atoms with Crippen LogP contribution in [-0.2, 0) is 11.2 Å². The lowest BCUT2D eigenvalue weighted by atomic mass is 10.1. The fourth-order valence-corrected chi connectivity index (χ4v) is 2.83. The van der Waals surface area contributed by atoms with Gasteiger partial charge in [0.15, 0.2) is 0 Å². The van der Waals surface area contributed by atoms with Gasteiger partial charge >= 0.3 is 0 Å². The molecule has 1 N–H and O–H groups in total. The molecule has 0 fully saturated rings. The normalized spacial score (nSPS) is 10.4. The van der Waals surface area contributed by atoms with Crippen molar-refractivity contribution in [2.75, 3.05) is 11.1 Å². The van der Waals surface area contributed by atoms with Crippen LogP contribution >= 0.6 is 34.4 Å². The van der Waals surface area contributed by atoms with Crippen LogP contribution in [0.15, 0.2) is 47.4 Å². The van der Waals surface area contributed by atoms with E-state index < -0.39 is 0 Å². The van der Waals surface area contributed by atoms with Gasteiger partial charge in [0.05, 0.1) is 6.42 Å². The number of rotatable bonds is 5. The van der Waals surface area contributed by atoms with Gasteiger partial charge in [0.25, 0.3) is 0 Å². The van der Waals surface area contributed by atoms with Gasteiger partial charge < -0.3 is 5.32 Å². The van der Waals surface area contributed by atoms with E-state index in [1.165, 1.54) is 11.0 Å². The molecule has 0 aliphatic heterocycles. The summed E-state index contributed by atoms with van der Waals surface area (Å²) in [5, 5.41) is 2.71. The van der Waals surface area contributed by atoms with Gasteiger partial charge in [0, 0.05) is 14.2 Å². The van der Waals surface area contributed by atoms with Crippen LogP contribution in [0.5, 0.6) is 0 Å². The molecule has 0 aliphatic rings. The second-order valence-corrected chi connectivity index (χ2v) is 6.93. The van der Waals surface area contributed by atoms with Gasteiger partial charge in [-0.15, -0.1) is 11.8 Å².